The summed E-state index contributed by atoms with van der Waals surface area (Å²) in [6, 6.07) is 80.7. The second-order valence-electron chi connectivity index (χ2n) is 13.4. The molecule has 9 aromatic carbocycles. The van der Waals surface area contributed by atoms with Crippen LogP contribution >= 0.6 is 0 Å². The van der Waals surface area contributed by atoms with Crippen LogP contribution in [-0.4, -0.2) is 0 Å². The summed E-state index contributed by atoms with van der Waals surface area (Å²) in [6.45, 7) is 0. The Labute approximate surface area is 311 Å². The van der Waals surface area contributed by atoms with Crippen molar-refractivity contribution >= 4 is 27.8 Å². The van der Waals surface area contributed by atoms with E-state index >= 15 is 0 Å². The van der Waals surface area contributed by atoms with E-state index in [0.717, 1.165) is 17.1 Å². The average molecular weight is 676 g/mol. The summed E-state index contributed by atoms with van der Waals surface area (Å²) in [7, 11) is 0. The summed E-state index contributed by atoms with van der Waals surface area (Å²) in [4.78, 5) is 2.34. The van der Waals surface area contributed by atoms with Gasteiger partial charge in [-0.15, -0.1) is 0 Å². The number of anilines is 3. The zero-order valence-corrected chi connectivity index (χ0v) is 29.3. The first kappa shape index (κ1) is 32.0. The van der Waals surface area contributed by atoms with E-state index in [1.165, 1.54) is 66.4 Å². The molecule has 1 heteroatoms. The molecule has 0 aromatic heterocycles. The lowest BCUT2D eigenvalue weighted by Gasteiger charge is -2.26. The summed E-state index contributed by atoms with van der Waals surface area (Å²) < 4.78 is 0. The van der Waals surface area contributed by atoms with Gasteiger partial charge < -0.3 is 4.90 Å². The van der Waals surface area contributed by atoms with E-state index < -0.39 is 0 Å². The summed E-state index contributed by atoms with van der Waals surface area (Å²) in [5.41, 5.74) is 15.4. The molecule has 0 saturated heterocycles. The molecule has 250 valence electrons. The van der Waals surface area contributed by atoms with Crippen molar-refractivity contribution in [2.45, 2.75) is 0 Å². The predicted octanol–water partition coefficient (Wildman–Crippen LogP) is 14.6. The molecule has 0 aliphatic rings. The smallest absolute Gasteiger partial charge is 0.0462 e. The van der Waals surface area contributed by atoms with E-state index in [1.54, 1.807) is 0 Å². The van der Waals surface area contributed by atoms with Gasteiger partial charge in [0.05, 0.1) is 0 Å². The number of nitrogens with zero attached hydrogens (tertiary/aromatic N) is 1. The number of hydrogen-bond acceptors (Lipinski definition) is 1. The minimum absolute atomic E-state index is 1.10. The monoisotopic (exact) mass is 675 g/mol. The van der Waals surface area contributed by atoms with Crippen LogP contribution in [0.1, 0.15) is 0 Å². The van der Waals surface area contributed by atoms with E-state index in [-0.39, 0.29) is 0 Å². The fraction of sp³-hybridized carbons (Fsp3) is 0. The van der Waals surface area contributed by atoms with Crippen molar-refractivity contribution in [2.24, 2.45) is 0 Å². The van der Waals surface area contributed by atoms with Crippen LogP contribution < -0.4 is 4.90 Å². The lowest BCUT2D eigenvalue weighted by Crippen LogP contribution is -2.09. The molecule has 53 heavy (non-hydrogen) atoms. The molecule has 0 fully saturated rings. The maximum Gasteiger partial charge on any atom is 0.0462 e. The minimum Gasteiger partial charge on any atom is -0.311 e. The molecule has 0 atom stereocenters. The Kier molecular flexibility index (Phi) is 8.66. The van der Waals surface area contributed by atoms with E-state index in [9.17, 15) is 0 Å². The molecular weight excluding hydrogens is 639 g/mol. The van der Waals surface area contributed by atoms with Crippen molar-refractivity contribution in [1.29, 1.82) is 0 Å². The third-order valence-corrected chi connectivity index (χ3v) is 10.1. The first-order valence-electron chi connectivity index (χ1n) is 18.2. The average Bonchev–Trinajstić information content (AvgIpc) is 3.25. The fourth-order valence-electron chi connectivity index (χ4n) is 7.34. The van der Waals surface area contributed by atoms with E-state index in [4.69, 9.17) is 0 Å². The lowest BCUT2D eigenvalue weighted by molar-refractivity contribution is 1.28. The number of rotatable bonds is 8. The molecule has 0 radical (unpaired) electrons. The Balaban J connectivity index is 1.04. The van der Waals surface area contributed by atoms with Crippen LogP contribution in [-0.2, 0) is 0 Å². The van der Waals surface area contributed by atoms with Gasteiger partial charge in [-0.3, -0.25) is 0 Å². The van der Waals surface area contributed by atoms with Crippen LogP contribution in [0.25, 0.3) is 66.4 Å². The maximum absolute atomic E-state index is 2.34. The van der Waals surface area contributed by atoms with Gasteiger partial charge in [-0.05, 0) is 115 Å². The third-order valence-electron chi connectivity index (χ3n) is 10.1. The quantitative estimate of drug-likeness (QED) is 0.155. The molecule has 0 amide bonds. The van der Waals surface area contributed by atoms with Crippen LogP contribution in [0.3, 0.4) is 0 Å². The van der Waals surface area contributed by atoms with Gasteiger partial charge >= 0.3 is 0 Å². The summed E-state index contributed by atoms with van der Waals surface area (Å²) in [5.74, 6) is 0. The zero-order chi connectivity index (χ0) is 35.4. The molecule has 0 saturated carbocycles. The molecule has 9 rings (SSSR count). The largest absolute Gasteiger partial charge is 0.311 e. The van der Waals surface area contributed by atoms with Crippen molar-refractivity contribution in [3.05, 3.63) is 224 Å². The van der Waals surface area contributed by atoms with Gasteiger partial charge in [0, 0.05) is 17.1 Å². The molecule has 0 unspecified atom stereocenters. The van der Waals surface area contributed by atoms with Gasteiger partial charge in [0.1, 0.15) is 0 Å². The molecule has 0 aliphatic carbocycles. The van der Waals surface area contributed by atoms with Gasteiger partial charge in [0.2, 0.25) is 0 Å². The van der Waals surface area contributed by atoms with Gasteiger partial charge in [-0.25, -0.2) is 0 Å². The number of benzene rings is 9. The van der Waals surface area contributed by atoms with Crippen molar-refractivity contribution in [3.63, 3.8) is 0 Å². The van der Waals surface area contributed by atoms with Crippen molar-refractivity contribution in [1.82, 2.24) is 0 Å². The van der Waals surface area contributed by atoms with Gasteiger partial charge in [-0.1, -0.05) is 176 Å². The first-order chi connectivity index (χ1) is 26.3. The minimum atomic E-state index is 1.10. The maximum atomic E-state index is 2.34. The number of hydrogen-bond donors (Lipinski definition) is 0. The second-order valence-corrected chi connectivity index (χ2v) is 13.4. The SMILES string of the molecule is c1ccc(-c2ccc(N(c3ccc(-c4ccccc4)cc3)c3ccc(-c4cccc(-c5cccc(-c6cccc7ccccc67)c5)c4)cc3)cc2)cc1. The van der Waals surface area contributed by atoms with E-state index in [2.05, 4.69) is 229 Å². The standard InChI is InChI=1S/C52H37N/c1-3-12-38(13-4-1)40-24-30-48(31-25-40)53(49-32-26-41(27-33-49)39-14-5-2-6-15-39)50-34-28-42(29-35-50)44-18-9-19-45(36-44)46-20-10-21-47(37-46)52-23-11-17-43-16-7-8-22-51(43)52/h1-37H. The Bertz CT molecular complexity index is 2530. The summed E-state index contributed by atoms with van der Waals surface area (Å²) in [5, 5.41) is 2.53. The second kappa shape index (κ2) is 14.3. The van der Waals surface area contributed by atoms with Gasteiger partial charge in [0.25, 0.3) is 0 Å². The molecule has 1 nitrogen and oxygen atoms in total. The molecule has 0 spiro atoms. The third kappa shape index (κ3) is 6.65. The van der Waals surface area contributed by atoms with Crippen molar-refractivity contribution in [2.75, 3.05) is 4.90 Å². The highest BCUT2D eigenvalue weighted by molar-refractivity contribution is 5.97. The molecular formula is C52H37N. The van der Waals surface area contributed by atoms with E-state index in [0.29, 0.717) is 0 Å². The first-order valence-corrected chi connectivity index (χ1v) is 18.2. The lowest BCUT2D eigenvalue weighted by atomic mass is 9.94. The Morgan fingerprint density at radius 2 is 0.566 bits per heavy atom. The van der Waals surface area contributed by atoms with Crippen LogP contribution in [0.2, 0.25) is 0 Å². The summed E-state index contributed by atoms with van der Waals surface area (Å²) >= 11 is 0. The Hall–Kier alpha value is -6.96. The summed E-state index contributed by atoms with van der Waals surface area (Å²) in [6.07, 6.45) is 0. The molecule has 0 bridgehead atoms. The van der Waals surface area contributed by atoms with Crippen LogP contribution in [0.4, 0.5) is 17.1 Å². The highest BCUT2D eigenvalue weighted by atomic mass is 15.1. The number of fused-ring (bicyclic) bond motifs is 1. The fourth-order valence-corrected chi connectivity index (χ4v) is 7.34. The van der Waals surface area contributed by atoms with Crippen LogP contribution in [0, 0.1) is 0 Å². The normalized spacial score (nSPS) is 11.0. The Morgan fingerprint density at radius 1 is 0.226 bits per heavy atom. The highest BCUT2D eigenvalue weighted by Gasteiger charge is 2.14. The van der Waals surface area contributed by atoms with Crippen molar-refractivity contribution < 1.29 is 0 Å². The molecule has 0 aliphatic heterocycles. The van der Waals surface area contributed by atoms with Crippen LogP contribution in [0.15, 0.2) is 224 Å². The van der Waals surface area contributed by atoms with Crippen molar-refractivity contribution in [3.8, 4) is 55.6 Å². The Morgan fingerprint density at radius 3 is 1.09 bits per heavy atom. The van der Waals surface area contributed by atoms with E-state index in [1.807, 2.05) is 0 Å². The van der Waals surface area contributed by atoms with Gasteiger partial charge in [-0.2, -0.15) is 0 Å². The topological polar surface area (TPSA) is 3.24 Å². The molecule has 0 heterocycles. The van der Waals surface area contributed by atoms with Crippen LogP contribution in [0.5, 0.6) is 0 Å². The predicted molar refractivity (Wildman–Crippen MR) is 226 cm³/mol. The highest BCUT2D eigenvalue weighted by Crippen LogP contribution is 2.38. The molecule has 9 aromatic rings. The zero-order valence-electron chi connectivity index (χ0n) is 29.3. The molecule has 0 N–H and O–H groups in total. The van der Waals surface area contributed by atoms with Gasteiger partial charge in [0.15, 0.2) is 0 Å².